The van der Waals surface area contributed by atoms with Gasteiger partial charge < -0.3 is 9.73 Å². The van der Waals surface area contributed by atoms with Crippen molar-refractivity contribution in [3.63, 3.8) is 0 Å². The SMILES string of the molecule is Cc1cccc2cc(C(=O)NCc3ccccn3)oc12. The van der Waals surface area contributed by atoms with Gasteiger partial charge in [-0.25, -0.2) is 0 Å². The Morgan fingerprint density at radius 1 is 1.25 bits per heavy atom. The van der Waals surface area contributed by atoms with E-state index in [4.69, 9.17) is 4.42 Å². The maximum Gasteiger partial charge on any atom is 0.287 e. The Hall–Kier alpha value is -2.62. The van der Waals surface area contributed by atoms with Crippen LogP contribution >= 0.6 is 0 Å². The van der Waals surface area contributed by atoms with Crippen molar-refractivity contribution in [2.75, 3.05) is 0 Å². The summed E-state index contributed by atoms with van der Waals surface area (Å²) in [6.07, 6.45) is 1.70. The highest BCUT2D eigenvalue weighted by molar-refractivity contribution is 5.96. The van der Waals surface area contributed by atoms with E-state index in [1.807, 2.05) is 43.3 Å². The minimum atomic E-state index is -0.230. The summed E-state index contributed by atoms with van der Waals surface area (Å²) in [5.74, 6) is 0.0940. The van der Waals surface area contributed by atoms with Crippen LogP contribution in [0.1, 0.15) is 21.8 Å². The van der Waals surface area contributed by atoms with Crippen molar-refractivity contribution in [1.29, 1.82) is 0 Å². The molecule has 1 aromatic carbocycles. The topological polar surface area (TPSA) is 55.1 Å². The van der Waals surface area contributed by atoms with Gasteiger partial charge in [-0.15, -0.1) is 0 Å². The smallest absolute Gasteiger partial charge is 0.287 e. The van der Waals surface area contributed by atoms with Gasteiger partial charge in [-0.3, -0.25) is 9.78 Å². The van der Waals surface area contributed by atoms with Crippen LogP contribution < -0.4 is 5.32 Å². The average molecular weight is 266 g/mol. The van der Waals surface area contributed by atoms with Crippen LogP contribution in [0.5, 0.6) is 0 Å². The number of hydrogen-bond acceptors (Lipinski definition) is 3. The molecule has 2 aromatic heterocycles. The average Bonchev–Trinajstić information content (AvgIpc) is 2.91. The molecule has 0 saturated carbocycles. The standard InChI is InChI=1S/C16H14N2O2/c1-11-5-4-6-12-9-14(20-15(11)12)16(19)18-10-13-7-2-3-8-17-13/h2-9H,10H2,1H3,(H,18,19). The normalized spacial score (nSPS) is 10.7. The van der Waals surface area contributed by atoms with Gasteiger partial charge in [-0.2, -0.15) is 0 Å². The van der Waals surface area contributed by atoms with Crippen LogP contribution in [-0.4, -0.2) is 10.9 Å². The van der Waals surface area contributed by atoms with Crippen LogP contribution in [0.3, 0.4) is 0 Å². The van der Waals surface area contributed by atoms with Crippen LogP contribution in [0.15, 0.2) is 53.1 Å². The summed E-state index contributed by atoms with van der Waals surface area (Å²) < 4.78 is 5.62. The minimum absolute atomic E-state index is 0.230. The van der Waals surface area contributed by atoms with Gasteiger partial charge >= 0.3 is 0 Å². The molecule has 100 valence electrons. The summed E-state index contributed by atoms with van der Waals surface area (Å²) in [6.45, 7) is 2.34. The fourth-order valence-corrected chi connectivity index (χ4v) is 2.08. The van der Waals surface area contributed by atoms with E-state index in [1.54, 1.807) is 12.3 Å². The lowest BCUT2D eigenvalue weighted by Gasteiger charge is -2.01. The molecule has 0 radical (unpaired) electrons. The summed E-state index contributed by atoms with van der Waals surface area (Å²) in [7, 11) is 0. The van der Waals surface area contributed by atoms with Gasteiger partial charge in [0, 0.05) is 11.6 Å². The number of pyridine rings is 1. The molecule has 0 unspecified atom stereocenters. The second-order valence-corrected chi connectivity index (χ2v) is 4.61. The molecule has 4 nitrogen and oxygen atoms in total. The van der Waals surface area contributed by atoms with Crippen LogP contribution in [-0.2, 0) is 6.54 Å². The molecule has 0 spiro atoms. The highest BCUT2D eigenvalue weighted by atomic mass is 16.3. The van der Waals surface area contributed by atoms with E-state index in [0.29, 0.717) is 12.3 Å². The molecule has 0 atom stereocenters. The number of fused-ring (bicyclic) bond motifs is 1. The number of para-hydroxylation sites is 1. The summed E-state index contributed by atoms with van der Waals surface area (Å²) in [5.41, 5.74) is 2.59. The van der Waals surface area contributed by atoms with Crippen molar-refractivity contribution in [2.24, 2.45) is 0 Å². The summed E-state index contributed by atoms with van der Waals surface area (Å²) in [6, 6.07) is 13.2. The minimum Gasteiger partial charge on any atom is -0.451 e. The molecule has 0 aliphatic carbocycles. The van der Waals surface area contributed by atoms with Crippen molar-refractivity contribution in [3.8, 4) is 0 Å². The first-order chi connectivity index (χ1) is 9.74. The number of furan rings is 1. The zero-order chi connectivity index (χ0) is 13.9. The van der Waals surface area contributed by atoms with Gasteiger partial charge in [-0.05, 0) is 30.7 Å². The Labute approximate surface area is 116 Å². The molecular weight excluding hydrogens is 252 g/mol. The first-order valence-corrected chi connectivity index (χ1v) is 6.41. The van der Waals surface area contributed by atoms with Crippen molar-refractivity contribution < 1.29 is 9.21 Å². The second-order valence-electron chi connectivity index (χ2n) is 4.61. The number of aromatic nitrogens is 1. The Kier molecular flexibility index (Phi) is 3.21. The molecule has 0 aliphatic heterocycles. The van der Waals surface area contributed by atoms with Gasteiger partial charge in [0.1, 0.15) is 5.58 Å². The summed E-state index contributed by atoms with van der Waals surface area (Å²) >= 11 is 0. The number of nitrogens with zero attached hydrogens (tertiary/aromatic N) is 1. The largest absolute Gasteiger partial charge is 0.451 e. The van der Waals surface area contributed by atoms with E-state index in [1.165, 1.54) is 0 Å². The van der Waals surface area contributed by atoms with E-state index in [-0.39, 0.29) is 5.91 Å². The molecular formula is C16H14N2O2. The quantitative estimate of drug-likeness (QED) is 0.792. The third-order valence-corrected chi connectivity index (χ3v) is 3.12. The first-order valence-electron chi connectivity index (χ1n) is 6.41. The van der Waals surface area contributed by atoms with E-state index >= 15 is 0 Å². The zero-order valence-electron chi connectivity index (χ0n) is 11.1. The number of aryl methyl sites for hydroxylation is 1. The Bertz CT molecular complexity index is 748. The van der Waals surface area contributed by atoms with Crippen molar-refractivity contribution >= 4 is 16.9 Å². The molecule has 2 heterocycles. The fraction of sp³-hybridized carbons (Fsp3) is 0.125. The van der Waals surface area contributed by atoms with Crippen LogP contribution in [0, 0.1) is 6.92 Å². The molecule has 4 heteroatoms. The third kappa shape index (κ3) is 2.40. The number of carbonyl (C=O) groups is 1. The molecule has 3 aromatic rings. The predicted octanol–water partition coefficient (Wildman–Crippen LogP) is 3.07. The Balaban J connectivity index is 1.77. The predicted molar refractivity (Wildman–Crippen MR) is 76.4 cm³/mol. The number of hydrogen-bond donors (Lipinski definition) is 1. The number of benzene rings is 1. The number of amides is 1. The van der Waals surface area contributed by atoms with E-state index in [2.05, 4.69) is 10.3 Å². The first kappa shape index (κ1) is 12.4. The van der Waals surface area contributed by atoms with E-state index < -0.39 is 0 Å². The molecule has 3 rings (SSSR count). The Morgan fingerprint density at radius 2 is 2.15 bits per heavy atom. The van der Waals surface area contributed by atoms with Crippen molar-refractivity contribution in [1.82, 2.24) is 10.3 Å². The maximum atomic E-state index is 12.1. The molecule has 0 aliphatic rings. The van der Waals surface area contributed by atoms with Gasteiger partial charge in [0.2, 0.25) is 0 Å². The third-order valence-electron chi connectivity index (χ3n) is 3.12. The number of rotatable bonds is 3. The lowest BCUT2D eigenvalue weighted by atomic mass is 10.2. The summed E-state index contributed by atoms with van der Waals surface area (Å²) in [4.78, 5) is 16.2. The zero-order valence-corrected chi connectivity index (χ0v) is 11.1. The van der Waals surface area contributed by atoms with Crippen molar-refractivity contribution in [2.45, 2.75) is 13.5 Å². The molecule has 0 bridgehead atoms. The van der Waals surface area contributed by atoms with Crippen LogP contribution in [0.25, 0.3) is 11.0 Å². The Morgan fingerprint density at radius 3 is 2.90 bits per heavy atom. The number of carbonyl (C=O) groups excluding carboxylic acids is 1. The van der Waals surface area contributed by atoms with Gasteiger partial charge in [0.25, 0.3) is 5.91 Å². The fourth-order valence-electron chi connectivity index (χ4n) is 2.08. The molecule has 1 N–H and O–H groups in total. The van der Waals surface area contributed by atoms with Gasteiger partial charge in [0.05, 0.1) is 12.2 Å². The molecule has 0 fully saturated rings. The lowest BCUT2D eigenvalue weighted by Crippen LogP contribution is -2.22. The summed E-state index contributed by atoms with van der Waals surface area (Å²) in [5, 5.41) is 3.74. The monoisotopic (exact) mass is 266 g/mol. The van der Waals surface area contributed by atoms with E-state index in [0.717, 1.165) is 22.2 Å². The molecule has 1 amide bonds. The maximum absolute atomic E-state index is 12.1. The molecule has 0 saturated heterocycles. The van der Waals surface area contributed by atoms with Crippen LogP contribution in [0.4, 0.5) is 0 Å². The van der Waals surface area contributed by atoms with Gasteiger partial charge in [-0.1, -0.05) is 24.3 Å². The van der Waals surface area contributed by atoms with Crippen molar-refractivity contribution in [3.05, 3.63) is 65.7 Å². The number of nitrogens with one attached hydrogen (secondary N) is 1. The molecule has 20 heavy (non-hydrogen) atoms. The lowest BCUT2D eigenvalue weighted by molar-refractivity contribution is 0.0925. The highest BCUT2D eigenvalue weighted by Gasteiger charge is 2.12. The van der Waals surface area contributed by atoms with E-state index in [9.17, 15) is 4.79 Å². The van der Waals surface area contributed by atoms with Crippen LogP contribution in [0.2, 0.25) is 0 Å². The highest BCUT2D eigenvalue weighted by Crippen LogP contribution is 2.22. The van der Waals surface area contributed by atoms with Gasteiger partial charge in [0.15, 0.2) is 5.76 Å². The second kappa shape index (κ2) is 5.17.